The monoisotopic (exact) mass is 272 g/mol. The van der Waals surface area contributed by atoms with Crippen molar-refractivity contribution in [2.24, 2.45) is 5.73 Å². The number of likely N-dealkylation sites (N-methyl/N-ethyl adjacent to an activating group) is 1. The molecule has 0 saturated heterocycles. The summed E-state index contributed by atoms with van der Waals surface area (Å²) >= 11 is 0. The number of halogens is 1. The molecule has 0 spiro atoms. The molecule has 1 unspecified atom stereocenters. The van der Waals surface area contributed by atoms with Crippen molar-refractivity contribution >= 4 is 5.69 Å². The van der Waals surface area contributed by atoms with Crippen molar-refractivity contribution in [2.75, 3.05) is 18.0 Å². The number of hydrogen-bond donors (Lipinski definition) is 1. The summed E-state index contributed by atoms with van der Waals surface area (Å²) in [6, 6.07) is 16.9. The van der Waals surface area contributed by atoms with Gasteiger partial charge in [0, 0.05) is 24.8 Å². The van der Waals surface area contributed by atoms with Crippen molar-refractivity contribution in [3.05, 3.63) is 66.0 Å². The van der Waals surface area contributed by atoms with Gasteiger partial charge in [-0.15, -0.1) is 0 Å². The summed E-state index contributed by atoms with van der Waals surface area (Å²) in [5.74, 6) is -0.210. The SMILES string of the molecule is CCN(CC(N)Cc1ccccc1)c1ccc(F)cc1. The first-order valence-electron chi connectivity index (χ1n) is 6.99. The molecule has 20 heavy (non-hydrogen) atoms. The molecule has 0 radical (unpaired) electrons. The van der Waals surface area contributed by atoms with E-state index in [1.54, 1.807) is 12.1 Å². The van der Waals surface area contributed by atoms with Crippen LogP contribution in [-0.4, -0.2) is 19.1 Å². The molecule has 2 rings (SSSR count). The van der Waals surface area contributed by atoms with E-state index in [9.17, 15) is 4.39 Å². The van der Waals surface area contributed by atoms with E-state index in [4.69, 9.17) is 5.73 Å². The highest BCUT2D eigenvalue weighted by molar-refractivity contribution is 5.46. The maximum absolute atomic E-state index is 13.0. The number of hydrogen-bond acceptors (Lipinski definition) is 2. The van der Waals surface area contributed by atoms with Crippen LogP contribution < -0.4 is 10.6 Å². The fraction of sp³-hybridized carbons (Fsp3) is 0.294. The molecule has 0 aliphatic carbocycles. The van der Waals surface area contributed by atoms with Gasteiger partial charge in [0.1, 0.15) is 5.82 Å². The highest BCUT2D eigenvalue weighted by atomic mass is 19.1. The molecular weight excluding hydrogens is 251 g/mol. The lowest BCUT2D eigenvalue weighted by molar-refractivity contribution is 0.623. The van der Waals surface area contributed by atoms with Crippen LogP contribution in [0.3, 0.4) is 0 Å². The molecule has 0 fully saturated rings. The molecule has 0 saturated carbocycles. The summed E-state index contributed by atoms with van der Waals surface area (Å²) < 4.78 is 13.0. The van der Waals surface area contributed by atoms with Crippen molar-refractivity contribution in [1.29, 1.82) is 0 Å². The van der Waals surface area contributed by atoms with E-state index >= 15 is 0 Å². The van der Waals surface area contributed by atoms with Gasteiger partial charge in [-0.05, 0) is 43.2 Å². The lowest BCUT2D eigenvalue weighted by Crippen LogP contribution is -2.39. The standard InChI is InChI=1S/C17H21FN2/c1-2-20(17-10-8-15(18)9-11-17)13-16(19)12-14-6-4-3-5-7-14/h3-11,16H,2,12-13,19H2,1H3. The third-order valence-corrected chi connectivity index (χ3v) is 3.37. The molecule has 2 aromatic rings. The molecule has 106 valence electrons. The Bertz CT molecular complexity index is 510. The Morgan fingerprint density at radius 3 is 2.30 bits per heavy atom. The van der Waals surface area contributed by atoms with Gasteiger partial charge < -0.3 is 10.6 Å². The molecular formula is C17H21FN2. The Kier molecular flexibility index (Phi) is 5.13. The quantitative estimate of drug-likeness (QED) is 0.875. The molecule has 2 aromatic carbocycles. The summed E-state index contributed by atoms with van der Waals surface area (Å²) in [5.41, 5.74) is 8.49. The van der Waals surface area contributed by atoms with E-state index in [0.717, 1.165) is 25.2 Å². The average Bonchev–Trinajstić information content (AvgIpc) is 2.47. The van der Waals surface area contributed by atoms with Crippen LogP contribution in [0.25, 0.3) is 0 Å². The Hall–Kier alpha value is -1.87. The number of nitrogens with zero attached hydrogens (tertiary/aromatic N) is 1. The van der Waals surface area contributed by atoms with Gasteiger partial charge in [-0.2, -0.15) is 0 Å². The van der Waals surface area contributed by atoms with Crippen LogP contribution >= 0.6 is 0 Å². The Morgan fingerprint density at radius 1 is 1.05 bits per heavy atom. The topological polar surface area (TPSA) is 29.3 Å². The second-order valence-electron chi connectivity index (χ2n) is 4.96. The van der Waals surface area contributed by atoms with Gasteiger partial charge in [0.25, 0.3) is 0 Å². The van der Waals surface area contributed by atoms with E-state index in [1.165, 1.54) is 17.7 Å². The number of rotatable bonds is 6. The van der Waals surface area contributed by atoms with Gasteiger partial charge in [0.05, 0.1) is 0 Å². The molecule has 3 heteroatoms. The number of benzene rings is 2. The van der Waals surface area contributed by atoms with E-state index in [-0.39, 0.29) is 11.9 Å². The predicted molar refractivity (Wildman–Crippen MR) is 82.4 cm³/mol. The third kappa shape index (κ3) is 4.07. The fourth-order valence-electron chi connectivity index (χ4n) is 2.33. The summed E-state index contributed by atoms with van der Waals surface area (Å²) in [4.78, 5) is 2.17. The first-order valence-corrected chi connectivity index (χ1v) is 6.99. The van der Waals surface area contributed by atoms with Gasteiger partial charge >= 0.3 is 0 Å². The highest BCUT2D eigenvalue weighted by Crippen LogP contribution is 2.15. The van der Waals surface area contributed by atoms with Gasteiger partial charge in [0.15, 0.2) is 0 Å². The van der Waals surface area contributed by atoms with Crippen molar-refractivity contribution in [2.45, 2.75) is 19.4 Å². The summed E-state index contributed by atoms with van der Waals surface area (Å²) in [7, 11) is 0. The number of anilines is 1. The second kappa shape index (κ2) is 7.06. The maximum atomic E-state index is 13.0. The molecule has 2 N–H and O–H groups in total. The molecule has 0 aliphatic rings. The minimum atomic E-state index is -0.210. The number of nitrogens with two attached hydrogens (primary N) is 1. The lowest BCUT2D eigenvalue weighted by Gasteiger charge is -2.26. The van der Waals surface area contributed by atoms with Crippen molar-refractivity contribution < 1.29 is 4.39 Å². The zero-order valence-corrected chi connectivity index (χ0v) is 11.8. The Morgan fingerprint density at radius 2 is 1.70 bits per heavy atom. The van der Waals surface area contributed by atoms with Crippen LogP contribution in [-0.2, 0) is 6.42 Å². The van der Waals surface area contributed by atoms with Crippen molar-refractivity contribution in [3.63, 3.8) is 0 Å². The van der Waals surface area contributed by atoms with Gasteiger partial charge in [0.2, 0.25) is 0 Å². The maximum Gasteiger partial charge on any atom is 0.123 e. The highest BCUT2D eigenvalue weighted by Gasteiger charge is 2.10. The molecule has 0 bridgehead atoms. The minimum Gasteiger partial charge on any atom is -0.370 e. The van der Waals surface area contributed by atoms with Crippen LogP contribution in [0.15, 0.2) is 54.6 Å². The average molecular weight is 272 g/mol. The lowest BCUT2D eigenvalue weighted by atomic mass is 10.1. The van der Waals surface area contributed by atoms with Crippen molar-refractivity contribution in [1.82, 2.24) is 0 Å². The normalized spacial score (nSPS) is 12.2. The summed E-state index contributed by atoms with van der Waals surface area (Å²) in [5, 5.41) is 0. The van der Waals surface area contributed by atoms with Crippen LogP contribution in [0.1, 0.15) is 12.5 Å². The first-order chi connectivity index (χ1) is 9.69. The zero-order valence-electron chi connectivity index (χ0n) is 11.8. The second-order valence-corrected chi connectivity index (χ2v) is 4.96. The largest absolute Gasteiger partial charge is 0.370 e. The molecule has 0 amide bonds. The van der Waals surface area contributed by atoms with Crippen LogP contribution in [0.4, 0.5) is 10.1 Å². The molecule has 0 heterocycles. The molecule has 0 aromatic heterocycles. The minimum absolute atomic E-state index is 0.0578. The summed E-state index contributed by atoms with van der Waals surface area (Å²) in [6.07, 6.45) is 0.846. The Balaban J connectivity index is 1.97. The summed E-state index contributed by atoms with van der Waals surface area (Å²) in [6.45, 7) is 3.70. The molecule has 2 nitrogen and oxygen atoms in total. The first kappa shape index (κ1) is 14.5. The van der Waals surface area contributed by atoms with Gasteiger partial charge in [-0.25, -0.2) is 4.39 Å². The van der Waals surface area contributed by atoms with Crippen molar-refractivity contribution in [3.8, 4) is 0 Å². The third-order valence-electron chi connectivity index (χ3n) is 3.37. The van der Waals surface area contributed by atoms with Crippen LogP contribution in [0.5, 0.6) is 0 Å². The molecule has 1 atom stereocenters. The van der Waals surface area contributed by atoms with Crippen LogP contribution in [0.2, 0.25) is 0 Å². The Labute approximate surface area is 120 Å². The predicted octanol–water partition coefficient (Wildman–Crippen LogP) is 3.22. The van der Waals surface area contributed by atoms with Gasteiger partial charge in [-0.3, -0.25) is 0 Å². The van der Waals surface area contributed by atoms with E-state index in [1.807, 2.05) is 18.2 Å². The van der Waals surface area contributed by atoms with E-state index in [0.29, 0.717) is 0 Å². The van der Waals surface area contributed by atoms with Crippen LogP contribution in [0, 0.1) is 5.82 Å². The van der Waals surface area contributed by atoms with E-state index < -0.39 is 0 Å². The zero-order chi connectivity index (χ0) is 14.4. The fourth-order valence-corrected chi connectivity index (χ4v) is 2.33. The van der Waals surface area contributed by atoms with E-state index in [2.05, 4.69) is 24.0 Å². The van der Waals surface area contributed by atoms with Gasteiger partial charge in [-0.1, -0.05) is 30.3 Å². The smallest absolute Gasteiger partial charge is 0.123 e. The molecule has 0 aliphatic heterocycles.